The second-order valence-corrected chi connectivity index (χ2v) is 2.02. The first kappa shape index (κ1) is 9.81. The third-order valence-corrected chi connectivity index (χ3v) is 1.28. The fraction of sp³-hybridized carbons (Fsp3) is 0.571. The van der Waals surface area contributed by atoms with E-state index in [1.54, 1.807) is 13.8 Å². The van der Waals surface area contributed by atoms with Gasteiger partial charge in [0.2, 0.25) is 0 Å². The lowest BCUT2D eigenvalue weighted by Gasteiger charge is -1.97. The van der Waals surface area contributed by atoms with E-state index in [1.807, 2.05) is 0 Å². The molecule has 0 unspecified atom stereocenters. The number of aliphatic hydroxyl groups is 1. The van der Waals surface area contributed by atoms with Gasteiger partial charge in [-0.05, 0) is 5.18 Å². The van der Waals surface area contributed by atoms with Crippen molar-refractivity contribution < 1.29 is 9.90 Å². The normalized spacial score (nSPS) is 12.2. The highest BCUT2D eigenvalue weighted by Crippen LogP contribution is 2.09. The summed E-state index contributed by atoms with van der Waals surface area (Å²) in [5.41, 5.74) is -0.338. The molecule has 1 N–H and O–H groups in total. The van der Waals surface area contributed by atoms with Crippen molar-refractivity contribution in [3.63, 3.8) is 0 Å². The number of aliphatic hydroxyl groups excluding tert-OH is 1. The largest absolute Gasteiger partial charge is 0.510 e. The van der Waals surface area contributed by atoms with Gasteiger partial charge in [0.05, 0.1) is 0 Å². The van der Waals surface area contributed by atoms with E-state index in [1.165, 1.54) is 0 Å². The van der Waals surface area contributed by atoms with Crippen molar-refractivity contribution in [2.75, 3.05) is 0 Å². The zero-order valence-electron chi connectivity index (χ0n) is 6.63. The van der Waals surface area contributed by atoms with E-state index in [2.05, 4.69) is 5.18 Å². The number of allylic oxidation sites excluding steroid dienone is 2. The molecule has 4 nitrogen and oxygen atoms in total. The van der Waals surface area contributed by atoms with Gasteiger partial charge in [0, 0.05) is 12.8 Å². The number of nitrogens with zero attached hydrogens (tertiary/aromatic N) is 1. The standard InChI is InChI=1S/C7H11NO3/c1-3-5(9)7(8-11)6(10)4-2/h9H,3-4H2,1-2H3/b7-5-. The van der Waals surface area contributed by atoms with Crippen molar-refractivity contribution in [1.29, 1.82) is 0 Å². The Labute approximate surface area is 64.9 Å². The molecule has 0 heterocycles. The van der Waals surface area contributed by atoms with Crippen LogP contribution < -0.4 is 0 Å². The van der Waals surface area contributed by atoms with Gasteiger partial charge in [-0.15, -0.1) is 4.91 Å². The van der Waals surface area contributed by atoms with Crippen molar-refractivity contribution in [2.45, 2.75) is 26.7 Å². The summed E-state index contributed by atoms with van der Waals surface area (Å²) in [6, 6.07) is 0. The van der Waals surface area contributed by atoms with E-state index in [-0.39, 0.29) is 24.3 Å². The van der Waals surface area contributed by atoms with Gasteiger partial charge in [0.1, 0.15) is 5.76 Å². The first-order valence-electron chi connectivity index (χ1n) is 3.46. The van der Waals surface area contributed by atoms with Crippen molar-refractivity contribution in [3.05, 3.63) is 16.4 Å². The van der Waals surface area contributed by atoms with Crippen LogP contribution in [-0.4, -0.2) is 10.9 Å². The first-order valence-corrected chi connectivity index (χ1v) is 3.46. The van der Waals surface area contributed by atoms with E-state index in [0.717, 1.165) is 0 Å². The topological polar surface area (TPSA) is 66.7 Å². The molecule has 0 aliphatic carbocycles. The molecular weight excluding hydrogens is 146 g/mol. The van der Waals surface area contributed by atoms with Crippen LogP contribution in [0.5, 0.6) is 0 Å². The molecule has 0 aliphatic rings. The second-order valence-electron chi connectivity index (χ2n) is 2.02. The van der Waals surface area contributed by atoms with E-state index < -0.39 is 5.78 Å². The Morgan fingerprint density at radius 2 is 1.91 bits per heavy atom. The summed E-state index contributed by atoms with van der Waals surface area (Å²) in [6.07, 6.45) is 0.442. The predicted molar refractivity (Wildman–Crippen MR) is 41.0 cm³/mol. The summed E-state index contributed by atoms with van der Waals surface area (Å²) in [5, 5.41) is 11.4. The quantitative estimate of drug-likeness (QED) is 0.385. The van der Waals surface area contributed by atoms with Gasteiger partial charge in [0.15, 0.2) is 11.5 Å². The van der Waals surface area contributed by atoms with Crippen LogP contribution in [0, 0.1) is 4.91 Å². The van der Waals surface area contributed by atoms with Crippen LogP contribution in [0.25, 0.3) is 0 Å². The Hall–Kier alpha value is -1.19. The molecule has 0 fully saturated rings. The Bertz CT molecular complexity index is 196. The molecule has 0 saturated carbocycles. The average molecular weight is 157 g/mol. The molecule has 0 saturated heterocycles. The highest BCUT2D eigenvalue weighted by Gasteiger charge is 2.12. The second kappa shape index (κ2) is 4.60. The smallest absolute Gasteiger partial charge is 0.188 e. The van der Waals surface area contributed by atoms with E-state index in [4.69, 9.17) is 5.11 Å². The van der Waals surface area contributed by atoms with Gasteiger partial charge in [-0.3, -0.25) is 4.79 Å². The molecule has 0 aliphatic heterocycles. The fourth-order valence-corrected chi connectivity index (χ4v) is 0.599. The van der Waals surface area contributed by atoms with Crippen LogP contribution in [0.15, 0.2) is 16.6 Å². The summed E-state index contributed by atoms with van der Waals surface area (Å²) >= 11 is 0. The Morgan fingerprint density at radius 3 is 2.18 bits per heavy atom. The molecule has 62 valence electrons. The van der Waals surface area contributed by atoms with Crippen molar-refractivity contribution >= 4 is 5.78 Å². The molecule has 0 radical (unpaired) electrons. The lowest BCUT2D eigenvalue weighted by Crippen LogP contribution is -2.01. The van der Waals surface area contributed by atoms with Crippen LogP contribution in [0.4, 0.5) is 0 Å². The van der Waals surface area contributed by atoms with Gasteiger partial charge in [0.25, 0.3) is 0 Å². The molecule has 0 aromatic heterocycles. The molecule has 0 aromatic carbocycles. The van der Waals surface area contributed by atoms with Crippen molar-refractivity contribution in [3.8, 4) is 0 Å². The Morgan fingerprint density at radius 1 is 1.36 bits per heavy atom. The van der Waals surface area contributed by atoms with E-state index in [9.17, 15) is 9.70 Å². The van der Waals surface area contributed by atoms with Crippen LogP contribution in [0.1, 0.15) is 26.7 Å². The number of carbonyl (C=O) groups excluding carboxylic acids is 1. The zero-order chi connectivity index (χ0) is 8.85. The third-order valence-electron chi connectivity index (χ3n) is 1.28. The number of nitroso groups, excluding NO2 is 1. The molecule has 4 heteroatoms. The number of hydrogen-bond donors (Lipinski definition) is 1. The summed E-state index contributed by atoms with van der Waals surface area (Å²) in [4.78, 5) is 20.8. The fourth-order valence-electron chi connectivity index (χ4n) is 0.599. The highest BCUT2D eigenvalue weighted by molar-refractivity contribution is 5.95. The molecule has 11 heavy (non-hydrogen) atoms. The van der Waals surface area contributed by atoms with Gasteiger partial charge >= 0.3 is 0 Å². The number of carbonyl (C=O) groups is 1. The minimum absolute atomic E-state index is 0.186. The van der Waals surface area contributed by atoms with Crippen LogP contribution >= 0.6 is 0 Å². The van der Waals surface area contributed by atoms with Crippen molar-refractivity contribution in [1.82, 2.24) is 0 Å². The molecule has 0 spiro atoms. The predicted octanol–water partition coefficient (Wildman–Crippen LogP) is 1.91. The summed E-state index contributed by atoms with van der Waals surface area (Å²) in [5.74, 6) is -0.647. The lowest BCUT2D eigenvalue weighted by molar-refractivity contribution is -0.115. The van der Waals surface area contributed by atoms with E-state index in [0.29, 0.717) is 0 Å². The van der Waals surface area contributed by atoms with Gasteiger partial charge in [-0.2, -0.15) is 0 Å². The zero-order valence-corrected chi connectivity index (χ0v) is 6.63. The van der Waals surface area contributed by atoms with Crippen LogP contribution in [-0.2, 0) is 4.79 Å². The third kappa shape index (κ3) is 2.49. The van der Waals surface area contributed by atoms with Crippen LogP contribution in [0.2, 0.25) is 0 Å². The molecule has 0 atom stereocenters. The monoisotopic (exact) mass is 157 g/mol. The van der Waals surface area contributed by atoms with Crippen molar-refractivity contribution in [2.24, 2.45) is 5.18 Å². The number of ketones is 1. The maximum Gasteiger partial charge on any atom is 0.188 e. The average Bonchev–Trinajstić information content (AvgIpc) is 2.05. The Balaban J connectivity index is 4.64. The van der Waals surface area contributed by atoms with Gasteiger partial charge < -0.3 is 5.11 Å². The lowest BCUT2D eigenvalue weighted by atomic mass is 10.2. The van der Waals surface area contributed by atoms with Crippen LogP contribution in [0.3, 0.4) is 0 Å². The molecule has 0 rings (SSSR count). The SMILES string of the molecule is CCC(=O)/C(N=O)=C(/O)CC. The van der Waals surface area contributed by atoms with Gasteiger partial charge in [-0.25, -0.2) is 0 Å². The molecule has 0 amide bonds. The number of Topliss-reactive ketones (excluding diaryl/α,β-unsaturated/α-hetero) is 1. The highest BCUT2D eigenvalue weighted by atomic mass is 16.3. The first-order chi connectivity index (χ1) is 5.17. The summed E-state index contributed by atoms with van der Waals surface area (Å²) in [7, 11) is 0. The molecule has 0 aromatic rings. The number of rotatable bonds is 4. The van der Waals surface area contributed by atoms with Gasteiger partial charge in [-0.1, -0.05) is 13.8 Å². The number of hydrogen-bond acceptors (Lipinski definition) is 4. The minimum atomic E-state index is -0.417. The summed E-state index contributed by atoms with van der Waals surface area (Å²) in [6.45, 7) is 3.25. The Kier molecular flexibility index (Phi) is 4.10. The molecule has 0 bridgehead atoms. The summed E-state index contributed by atoms with van der Waals surface area (Å²) < 4.78 is 0. The van der Waals surface area contributed by atoms with E-state index >= 15 is 0 Å². The maximum atomic E-state index is 10.8. The maximum absolute atomic E-state index is 10.8. The minimum Gasteiger partial charge on any atom is -0.510 e. The molecular formula is C7H11NO3.